The fourth-order valence-electron chi connectivity index (χ4n) is 1.65. The fraction of sp³-hybridized carbons (Fsp3) is 0.333. The van der Waals surface area contributed by atoms with Crippen LogP contribution in [0, 0.1) is 6.92 Å². The number of carbonyl (C=O) groups is 2. The second kappa shape index (κ2) is 7.36. The molecule has 0 bridgehead atoms. The zero-order valence-corrected chi connectivity index (χ0v) is 11.3. The quantitative estimate of drug-likeness (QED) is 0.611. The summed E-state index contributed by atoms with van der Waals surface area (Å²) in [5.74, 6) is -1.08. The van der Waals surface area contributed by atoms with Gasteiger partial charge in [-0.2, -0.15) is 0 Å². The first kappa shape index (κ1) is 15.0. The van der Waals surface area contributed by atoms with Crippen molar-refractivity contribution >= 4 is 18.0 Å². The SMILES string of the molecule is CCCCNC(=O)c1ccc(/C=C/C(=O)O)c(C)c1. The molecule has 0 unspecified atom stereocenters. The number of amides is 1. The first-order valence-corrected chi connectivity index (χ1v) is 6.34. The number of nitrogens with one attached hydrogen (secondary N) is 1. The van der Waals surface area contributed by atoms with Gasteiger partial charge >= 0.3 is 5.97 Å². The molecular formula is C15H19NO3. The van der Waals surface area contributed by atoms with E-state index in [1.807, 2.05) is 6.92 Å². The molecule has 0 radical (unpaired) electrons. The minimum absolute atomic E-state index is 0.0923. The van der Waals surface area contributed by atoms with E-state index in [4.69, 9.17) is 5.11 Å². The molecule has 1 amide bonds. The van der Waals surface area contributed by atoms with Crippen LogP contribution in [0.1, 0.15) is 41.3 Å². The van der Waals surface area contributed by atoms with E-state index in [1.165, 1.54) is 6.08 Å². The van der Waals surface area contributed by atoms with Crippen molar-refractivity contribution in [3.8, 4) is 0 Å². The molecule has 2 N–H and O–H groups in total. The Kier molecular flexibility index (Phi) is 5.79. The molecule has 0 atom stereocenters. The smallest absolute Gasteiger partial charge is 0.328 e. The topological polar surface area (TPSA) is 66.4 Å². The molecule has 4 heteroatoms. The minimum atomic E-state index is -0.985. The molecule has 0 fully saturated rings. The molecule has 0 heterocycles. The molecule has 102 valence electrons. The molecule has 0 aliphatic heterocycles. The predicted octanol–water partition coefficient (Wildman–Crippen LogP) is 2.62. The first-order valence-electron chi connectivity index (χ1n) is 6.34. The molecule has 0 aliphatic rings. The maximum atomic E-state index is 11.8. The van der Waals surface area contributed by atoms with Crippen molar-refractivity contribution < 1.29 is 14.7 Å². The van der Waals surface area contributed by atoms with Gasteiger partial charge in [-0.25, -0.2) is 4.79 Å². The first-order chi connectivity index (χ1) is 9.04. The standard InChI is InChI=1S/C15H19NO3/c1-3-4-9-16-15(19)13-6-5-12(11(2)10-13)7-8-14(17)18/h5-8,10H,3-4,9H2,1-2H3,(H,16,19)(H,17,18)/b8-7+. The minimum Gasteiger partial charge on any atom is -0.478 e. The Labute approximate surface area is 113 Å². The lowest BCUT2D eigenvalue weighted by molar-refractivity contribution is -0.131. The van der Waals surface area contributed by atoms with Crippen LogP contribution in [0.3, 0.4) is 0 Å². The van der Waals surface area contributed by atoms with Crippen molar-refractivity contribution in [3.05, 3.63) is 41.0 Å². The fourth-order valence-corrected chi connectivity index (χ4v) is 1.65. The lowest BCUT2D eigenvalue weighted by atomic mass is 10.0. The van der Waals surface area contributed by atoms with Gasteiger partial charge in [0.05, 0.1) is 0 Å². The Hall–Kier alpha value is -2.10. The highest BCUT2D eigenvalue weighted by molar-refractivity contribution is 5.95. The molecule has 4 nitrogen and oxygen atoms in total. The summed E-state index contributed by atoms with van der Waals surface area (Å²) in [7, 11) is 0. The van der Waals surface area contributed by atoms with E-state index in [-0.39, 0.29) is 5.91 Å². The third kappa shape index (κ3) is 4.95. The molecular weight excluding hydrogens is 242 g/mol. The van der Waals surface area contributed by atoms with Crippen LogP contribution in [0.25, 0.3) is 6.08 Å². The second-order valence-corrected chi connectivity index (χ2v) is 4.35. The Morgan fingerprint density at radius 1 is 1.37 bits per heavy atom. The van der Waals surface area contributed by atoms with Crippen LogP contribution in [0.4, 0.5) is 0 Å². The van der Waals surface area contributed by atoms with Gasteiger partial charge < -0.3 is 10.4 Å². The van der Waals surface area contributed by atoms with E-state index < -0.39 is 5.97 Å². The summed E-state index contributed by atoms with van der Waals surface area (Å²) in [6.45, 7) is 4.60. The molecule has 0 saturated carbocycles. The number of carbonyl (C=O) groups excluding carboxylic acids is 1. The van der Waals surface area contributed by atoms with Gasteiger partial charge in [0.15, 0.2) is 0 Å². The van der Waals surface area contributed by atoms with Crippen molar-refractivity contribution in [2.24, 2.45) is 0 Å². The monoisotopic (exact) mass is 261 g/mol. The van der Waals surface area contributed by atoms with E-state index >= 15 is 0 Å². The van der Waals surface area contributed by atoms with Crippen LogP contribution in [0.5, 0.6) is 0 Å². The maximum absolute atomic E-state index is 11.8. The number of aliphatic carboxylic acids is 1. The van der Waals surface area contributed by atoms with Crippen LogP contribution in [0.2, 0.25) is 0 Å². The summed E-state index contributed by atoms with van der Waals surface area (Å²) in [6, 6.07) is 5.22. The summed E-state index contributed by atoms with van der Waals surface area (Å²) in [5.41, 5.74) is 2.27. The molecule has 0 spiro atoms. The summed E-state index contributed by atoms with van der Waals surface area (Å²) in [4.78, 5) is 22.3. The van der Waals surface area contributed by atoms with Gasteiger partial charge in [0, 0.05) is 18.2 Å². The maximum Gasteiger partial charge on any atom is 0.328 e. The Morgan fingerprint density at radius 3 is 2.68 bits per heavy atom. The average molecular weight is 261 g/mol. The Balaban J connectivity index is 2.76. The predicted molar refractivity (Wildman–Crippen MR) is 75.1 cm³/mol. The Morgan fingerprint density at radius 2 is 2.11 bits per heavy atom. The molecule has 19 heavy (non-hydrogen) atoms. The average Bonchev–Trinajstić information content (AvgIpc) is 2.37. The van der Waals surface area contributed by atoms with E-state index in [2.05, 4.69) is 12.2 Å². The third-order valence-corrected chi connectivity index (χ3v) is 2.75. The molecule has 1 rings (SSSR count). The van der Waals surface area contributed by atoms with Crippen LogP contribution < -0.4 is 5.32 Å². The van der Waals surface area contributed by atoms with Gasteiger partial charge in [-0.05, 0) is 42.7 Å². The van der Waals surface area contributed by atoms with Crippen molar-refractivity contribution in [1.82, 2.24) is 5.32 Å². The van der Waals surface area contributed by atoms with Crippen molar-refractivity contribution in [2.75, 3.05) is 6.54 Å². The zero-order chi connectivity index (χ0) is 14.3. The molecule has 0 aliphatic carbocycles. The summed E-state index contributed by atoms with van der Waals surface area (Å²) in [5, 5.41) is 11.4. The van der Waals surface area contributed by atoms with Crippen LogP contribution >= 0.6 is 0 Å². The number of benzene rings is 1. The molecule has 0 saturated heterocycles. The van der Waals surface area contributed by atoms with E-state index in [1.54, 1.807) is 18.2 Å². The molecule has 1 aromatic carbocycles. The van der Waals surface area contributed by atoms with E-state index in [0.29, 0.717) is 12.1 Å². The number of hydrogen-bond donors (Lipinski definition) is 2. The van der Waals surface area contributed by atoms with E-state index in [9.17, 15) is 9.59 Å². The third-order valence-electron chi connectivity index (χ3n) is 2.75. The lowest BCUT2D eigenvalue weighted by Gasteiger charge is -2.06. The van der Waals surface area contributed by atoms with Gasteiger partial charge in [-0.1, -0.05) is 19.4 Å². The lowest BCUT2D eigenvalue weighted by Crippen LogP contribution is -2.24. The molecule has 0 aromatic heterocycles. The van der Waals surface area contributed by atoms with Gasteiger partial charge in [0.2, 0.25) is 0 Å². The summed E-state index contributed by atoms with van der Waals surface area (Å²) >= 11 is 0. The molecule has 1 aromatic rings. The second-order valence-electron chi connectivity index (χ2n) is 4.35. The zero-order valence-electron chi connectivity index (χ0n) is 11.3. The van der Waals surface area contributed by atoms with Gasteiger partial charge in [-0.15, -0.1) is 0 Å². The number of unbranched alkanes of at least 4 members (excludes halogenated alkanes) is 1. The van der Waals surface area contributed by atoms with Crippen molar-refractivity contribution in [3.63, 3.8) is 0 Å². The number of carboxylic acids is 1. The van der Waals surface area contributed by atoms with Crippen LogP contribution in [0.15, 0.2) is 24.3 Å². The largest absolute Gasteiger partial charge is 0.478 e. The highest BCUT2D eigenvalue weighted by atomic mass is 16.4. The highest BCUT2D eigenvalue weighted by Crippen LogP contribution is 2.13. The van der Waals surface area contributed by atoms with E-state index in [0.717, 1.165) is 30.0 Å². The van der Waals surface area contributed by atoms with Gasteiger partial charge in [-0.3, -0.25) is 4.79 Å². The summed E-state index contributed by atoms with van der Waals surface area (Å²) < 4.78 is 0. The normalized spacial score (nSPS) is 10.6. The van der Waals surface area contributed by atoms with Crippen molar-refractivity contribution in [2.45, 2.75) is 26.7 Å². The Bertz CT molecular complexity index is 492. The number of hydrogen-bond acceptors (Lipinski definition) is 2. The van der Waals surface area contributed by atoms with Crippen LogP contribution in [-0.2, 0) is 4.79 Å². The summed E-state index contributed by atoms with van der Waals surface area (Å²) in [6.07, 6.45) is 4.61. The van der Waals surface area contributed by atoms with Crippen LogP contribution in [-0.4, -0.2) is 23.5 Å². The highest BCUT2D eigenvalue weighted by Gasteiger charge is 2.06. The van der Waals surface area contributed by atoms with Gasteiger partial charge in [0.25, 0.3) is 5.91 Å². The number of aryl methyl sites for hydroxylation is 1. The number of rotatable bonds is 6. The van der Waals surface area contributed by atoms with Crippen molar-refractivity contribution in [1.29, 1.82) is 0 Å². The number of carboxylic acid groups (broad SMARTS) is 1. The van der Waals surface area contributed by atoms with Gasteiger partial charge in [0.1, 0.15) is 0 Å².